The first-order chi connectivity index (χ1) is 6.52. The van der Waals surface area contributed by atoms with Gasteiger partial charge in [-0.1, -0.05) is 6.07 Å². The van der Waals surface area contributed by atoms with Crippen LogP contribution in [-0.4, -0.2) is 27.2 Å². The second-order valence-corrected chi connectivity index (χ2v) is 3.49. The molecule has 0 aromatic carbocycles. The van der Waals surface area contributed by atoms with Crippen LogP contribution >= 0.6 is 15.9 Å². The molecule has 1 aromatic rings. The summed E-state index contributed by atoms with van der Waals surface area (Å²) in [7, 11) is 0. The van der Waals surface area contributed by atoms with Crippen molar-refractivity contribution in [2.45, 2.75) is 12.2 Å². The van der Waals surface area contributed by atoms with E-state index < -0.39 is 18.1 Å². The number of amides is 1. The van der Waals surface area contributed by atoms with Gasteiger partial charge in [-0.05, 0) is 28.1 Å². The van der Waals surface area contributed by atoms with Crippen molar-refractivity contribution in [3.8, 4) is 0 Å². The zero-order chi connectivity index (χ0) is 10.7. The largest absolute Gasteiger partial charge is 0.384 e. The molecular formula is C8H9BrN2O3. The summed E-state index contributed by atoms with van der Waals surface area (Å²) in [4.78, 5) is 14.4. The molecule has 1 amide bonds. The lowest BCUT2D eigenvalue weighted by Gasteiger charge is -2.13. The summed E-state index contributed by atoms with van der Waals surface area (Å²) in [6, 6.07) is 4.78. The summed E-state index contributed by atoms with van der Waals surface area (Å²) < 4.78 is 0.505. The molecule has 2 atom stereocenters. The zero-order valence-electron chi connectivity index (χ0n) is 7.09. The molecule has 0 bridgehead atoms. The van der Waals surface area contributed by atoms with E-state index in [0.29, 0.717) is 4.60 Å². The highest BCUT2D eigenvalue weighted by molar-refractivity contribution is 9.10. The van der Waals surface area contributed by atoms with Gasteiger partial charge in [0, 0.05) is 0 Å². The van der Waals surface area contributed by atoms with Crippen LogP contribution in [0.5, 0.6) is 0 Å². The predicted octanol–water partition coefficient (Wildman–Crippen LogP) is -0.276. The van der Waals surface area contributed by atoms with Crippen LogP contribution in [-0.2, 0) is 4.79 Å². The average molecular weight is 261 g/mol. The quantitative estimate of drug-likeness (QED) is 0.652. The van der Waals surface area contributed by atoms with Gasteiger partial charge in [0.05, 0.1) is 5.69 Å². The van der Waals surface area contributed by atoms with Crippen LogP contribution in [0.4, 0.5) is 0 Å². The molecule has 0 radical (unpaired) electrons. The van der Waals surface area contributed by atoms with E-state index in [0.717, 1.165) is 0 Å². The average Bonchev–Trinajstić information content (AvgIpc) is 2.15. The van der Waals surface area contributed by atoms with E-state index in [1.54, 1.807) is 12.1 Å². The third-order valence-electron chi connectivity index (χ3n) is 1.63. The molecule has 0 aliphatic carbocycles. The van der Waals surface area contributed by atoms with Crippen molar-refractivity contribution >= 4 is 21.8 Å². The number of carbonyl (C=O) groups excluding carboxylic acids is 1. The number of carbonyl (C=O) groups is 1. The van der Waals surface area contributed by atoms with Gasteiger partial charge >= 0.3 is 0 Å². The number of hydrogen-bond donors (Lipinski definition) is 3. The summed E-state index contributed by atoms with van der Waals surface area (Å²) in [5, 5.41) is 18.6. The van der Waals surface area contributed by atoms with Gasteiger partial charge in [-0.15, -0.1) is 0 Å². The van der Waals surface area contributed by atoms with Crippen molar-refractivity contribution in [3.63, 3.8) is 0 Å². The zero-order valence-corrected chi connectivity index (χ0v) is 8.68. The van der Waals surface area contributed by atoms with Crippen LogP contribution < -0.4 is 5.73 Å². The van der Waals surface area contributed by atoms with E-state index in [1.807, 2.05) is 0 Å². The monoisotopic (exact) mass is 260 g/mol. The molecule has 4 N–H and O–H groups in total. The number of primary amides is 1. The number of rotatable bonds is 3. The number of nitrogens with two attached hydrogens (primary N) is 1. The number of hydrogen-bond acceptors (Lipinski definition) is 4. The minimum absolute atomic E-state index is 0.186. The molecule has 1 rings (SSSR count). The molecule has 0 saturated carbocycles. The van der Waals surface area contributed by atoms with Gasteiger partial charge in [0.1, 0.15) is 10.7 Å². The molecule has 1 heterocycles. The maximum absolute atomic E-state index is 10.6. The van der Waals surface area contributed by atoms with Crippen molar-refractivity contribution in [2.24, 2.45) is 5.73 Å². The van der Waals surface area contributed by atoms with E-state index in [2.05, 4.69) is 20.9 Å². The van der Waals surface area contributed by atoms with E-state index >= 15 is 0 Å². The molecule has 0 fully saturated rings. The normalized spacial score (nSPS) is 14.8. The Balaban J connectivity index is 2.89. The van der Waals surface area contributed by atoms with Crippen LogP contribution in [0, 0.1) is 0 Å². The van der Waals surface area contributed by atoms with Gasteiger partial charge in [-0.2, -0.15) is 0 Å². The van der Waals surface area contributed by atoms with Gasteiger partial charge < -0.3 is 15.9 Å². The van der Waals surface area contributed by atoms with Crippen molar-refractivity contribution in [1.82, 2.24) is 4.98 Å². The smallest absolute Gasteiger partial charge is 0.249 e. The Labute approximate surface area is 88.7 Å². The molecule has 0 aliphatic rings. The Bertz CT molecular complexity index is 345. The molecule has 0 spiro atoms. The Hall–Kier alpha value is -0.980. The van der Waals surface area contributed by atoms with Crippen LogP contribution in [0.15, 0.2) is 22.8 Å². The highest BCUT2D eigenvalue weighted by Crippen LogP contribution is 2.16. The minimum atomic E-state index is -1.64. The summed E-state index contributed by atoms with van der Waals surface area (Å²) in [6.07, 6.45) is -3.04. The van der Waals surface area contributed by atoms with E-state index in [1.165, 1.54) is 6.07 Å². The number of aliphatic hydroxyl groups is 2. The Morgan fingerprint density at radius 2 is 2.14 bits per heavy atom. The van der Waals surface area contributed by atoms with Crippen LogP contribution in [0.25, 0.3) is 0 Å². The fraction of sp³-hybridized carbons (Fsp3) is 0.250. The number of nitrogens with zero attached hydrogens (tertiary/aromatic N) is 1. The molecule has 1 aromatic heterocycles. The summed E-state index contributed by atoms with van der Waals surface area (Å²) in [6.45, 7) is 0. The first kappa shape index (κ1) is 11.1. The van der Waals surface area contributed by atoms with Crippen LogP contribution in [0.2, 0.25) is 0 Å². The van der Waals surface area contributed by atoms with Gasteiger partial charge in [0.15, 0.2) is 6.10 Å². The van der Waals surface area contributed by atoms with Crippen molar-refractivity contribution < 1.29 is 15.0 Å². The standard InChI is InChI=1S/C8H9BrN2O3/c9-5-3-1-2-4(11-5)6(12)7(13)8(10)14/h1-3,6-7,12-13H,(H2,10,14). The Morgan fingerprint density at radius 1 is 1.50 bits per heavy atom. The van der Waals surface area contributed by atoms with E-state index in [9.17, 15) is 9.90 Å². The van der Waals surface area contributed by atoms with Crippen molar-refractivity contribution in [2.75, 3.05) is 0 Å². The number of halogens is 1. The van der Waals surface area contributed by atoms with Crippen LogP contribution in [0.3, 0.4) is 0 Å². The van der Waals surface area contributed by atoms with Gasteiger partial charge in [0.2, 0.25) is 5.91 Å². The first-order valence-electron chi connectivity index (χ1n) is 3.80. The highest BCUT2D eigenvalue weighted by atomic mass is 79.9. The lowest BCUT2D eigenvalue weighted by molar-refractivity contribution is -0.132. The Kier molecular flexibility index (Phi) is 3.56. The minimum Gasteiger partial charge on any atom is -0.384 e. The number of aromatic nitrogens is 1. The third-order valence-corrected chi connectivity index (χ3v) is 2.07. The fourth-order valence-electron chi connectivity index (χ4n) is 0.906. The number of pyridine rings is 1. The summed E-state index contributed by atoms with van der Waals surface area (Å²) >= 11 is 3.10. The highest BCUT2D eigenvalue weighted by Gasteiger charge is 2.24. The second kappa shape index (κ2) is 4.50. The molecule has 5 nitrogen and oxygen atoms in total. The Morgan fingerprint density at radius 3 is 2.64 bits per heavy atom. The molecule has 6 heteroatoms. The topological polar surface area (TPSA) is 96.4 Å². The molecular weight excluding hydrogens is 252 g/mol. The van der Waals surface area contributed by atoms with E-state index in [-0.39, 0.29) is 5.69 Å². The lowest BCUT2D eigenvalue weighted by Crippen LogP contribution is -2.34. The fourth-order valence-corrected chi connectivity index (χ4v) is 1.26. The third kappa shape index (κ3) is 2.50. The second-order valence-electron chi connectivity index (χ2n) is 2.68. The maximum atomic E-state index is 10.6. The van der Waals surface area contributed by atoms with Crippen molar-refractivity contribution in [1.29, 1.82) is 0 Å². The van der Waals surface area contributed by atoms with E-state index in [4.69, 9.17) is 10.8 Å². The van der Waals surface area contributed by atoms with Crippen LogP contribution in [0.1, 0.15) is 11.8 Å². The lowest BCUT2D eigenvalue weighted by atomic mass is 10.1. The summed E-state index contributed by atoms with van der Waals surface area (Å²) in [5.41, 5.74) is 5.01. The number of aliphatic hydroxyl groups excluding tert-OH is 2. The first-order valence-corrected chi connectivity index (χ1v) is 4.59. The SMILES string of the molecule is NC(=O)C(O)C(O)c1cccc(Br)n1. The van der Waals surface area contributed by atoms with Crippen molar-refractivity contribution in [3.05, 3.63) is 28.5 Å². The van der Waals surface area contributed by atoms with Gasteiger partial charge in [-0.3, -0.25) is 4.79 Å². The maximum Gasteiger partial charge on any atom is 0.249 e. The summed E-state index contributed by atoms with van der Waals surface area (Å²) in [5.74, 6) is -0.987. The van der Waals surface area contributed by atoms with Gasteiger partial charge in [0.25, 0.3) is 0 Å². The van der Waals surface area contributed by atoms with Gasteiger partial charge in [-0.25, -0.2) is 4.98 Å². The predicted molar refractivity (Wildman–Crippen MR) is 52.1 cm³/mol. The molecule has 76 valence electrons. The molecule has 2 unspecified atom stereocenters. The molecule has 14 heavy (non-hydrogen) atoms. The molecule has 0 aliphatic heterocycles. The molecule has 0 saturated heterocycles.